The number of ether oxygens (including phenoxy) is 1. The van der Waals surface area contributed by atoms with Gasteiger partial charge in [-0.05, 0) is 30.9 Å². The van der Waals surface area contributed by atoms with Crippen LogP contribution in [0.25, 0.3) is 0 Å². The first kappa shape index (κ1) is 10.6. The van der Waals surface area contributed by atoms with E-state index in [4.69, 9.17) is 4.74 Å². The molecule has 2 aliphatic rings. The van der Waals surface area contributed by atoms with E-state index in [-0.39, 0.29) is 6.04 Å². The van der Waals surface area contributed by atoms with Crippen LogP contribution in [0.1, 0.15) is 36.4 Å². The number of nitrogens with zero attached hydrogens (tertiary/aromatic N) is 1. The predicted octanol–water partition coefficient (Wildman–Crippen LogP) is 2.30. The molecule has 0 bridgehead atoms. The molecule has 0 saturated carbocycles. The molecule has 1 saturated heterocycles. The van der Waals surface area contributed by atoms with Crippen molar-refractivity contribution in [3.05, 3.63) is 29.3 Å². The van der Waals surface area contributed by atoms with Crippen LogP contribution in [-0.4, -0.2) is 24.5 Å². The molecule has 0 aliphatic carbocycles. The second-order valence-corrected chi connectivity index (χ2v) is 4.78. The predicted molar refractivity (Wildman–Crippen MR) is 65.0 cm³/mol. The Morgan fingerprint density at radius 3 is 3.06 bits per heavy atom. The molecular formula is C14H17NO2. The number of methoxy groups -OCH3 is 1. The maximum Gasteiger partial charge on any atom is 0.223 e. The van der Waals surface area contributed by atoms with Crippen molar-refractivity contribution >= 4 is 5.91 Å². The zero-order chi connectivity index (χ0) is 11.8. The van der Waals surface area contributed by atoms with Crippen LogP contribution in [0.4, 0.5) is 0 Å². The van der Waals surface area contributed by atoms with E-state index in [1.165, 1.54) is 11.1 Å². The summed E-state index contributed by atoms with van der Waals surface area (Å²) in [5.41, 5.74) is 2.53. The third-order valence-electron chi connectivity index (χ3n) is 3.89. The third kappa shape index (κ3) is 1.61. The molecule has 0 N–H and O–H groups in total. The SMILES string of the molecule is COc1cccc2c1C1CCCN1C(=O)CC2. The summed E-state index contributed by atoms with van der Waals surface area (Å²) in [5.74, 6) is 1.24. The van der Waals surface area contributed by atoms with Crippen molar-refractivity contribution in [2.75, 3.05) is 13.7 Å². The van der Waals surface area contributed by atoms with Gasteiger partial charge in [-0.2, -0.15) is 0 Å². The molecular weight excluding hydrogens is 214 g/mol. The maximum absolute atomic E-state index is 12.0. The number of carbonyl (C=O) groups is 1. The Bertz CT molecular complexity index is 456. The Kier molecular flexibility index (Phi) is 2.54. The van der Waals surface area contributed by atoms with E-state index in [0.29, 0.717) is 12.3 Å². The first-order valence-corrected chi connectivity index (χ1v) is 6.26. The summed E-state index contributed by atoms with van der Waals surface area (Å²) in [6.45, 7) is 0.904. The molecule has 17 heavy (non-hydrogen) atoms. The van der Waals surface area contributed by atoms with Gasteiger partial charge in [0.05, 0.1) is 13.2 Å². The Labute approximate surface area is 101 Å². The van der Waals surface area contributed by atoms with Crippen molar-refractivity contribution in [2.24, 2.45) is 0 Å². The quantitative estimate of drug-likeness (QED) is 0.742. The normalized spacial score (nSPS) is 23.0. The summed E-state index contributed by atoms with van der Waals surface area (Å²) >= 11 is 0. The van der Waals surface area contributed by atoms with Crippen LogP contribution in [0.5, 0.6) is 5.75 Å². The molecule has 0 spiro atoms. The highest BCUT2D eigenvalue weighted by molar-refractivity contribution is 5.78. The van der Waals surface area contributed by atoms with Crippen LogP contribution in [0.3, 0.4) is 0 Å². The van der Waals surface area contributed by atoms with Gasteiger partial charge in [-0.3, -0.25) is 4.79 Å². The fraction of sp³-hybridized carbons (Fsp3) is 0.500. The van der Waals surface area contributed by atoms with E-state index in [2.05, 4.69) is 6.07 Å². The number of aryl methyl sites for hydroxylation is 1. The van der Waals surface area contributed by atoms with Crippen molar-refractivity contribution in [1.82, 2.24) is 4.90 Å². The van der Waals surface area contributed by atoms with Crippen LogP contribution in [-0.2, 0) is 11.2 Å². The first-order chi connectivity index (χ1) is 8.31. The first-order valence-electron chi connectivity index (χ1n) is 6.26. The number of hydrogen-bond acceptors (Lipinski definition) is 2. The largest absolute Gasteiger partial charge is 0.496 e. The zero-order valence-corrected chi connectivity index (χ0v) is 10.1. The number of fused-ring (bicyclic) bond motifs is 3. The maximum atomic E-state index is 12.0. The Morgan fingerprint density at radius 1 is 1.35 bits per heavy atom. The fourth-order valence-electron chi connectivity index (χ4n) is 3.11. The standard InChI is InChI=1S/C14H17NO2/c1-17-12-6-2-4-10-7-8-13(16)15-9-3-5-11(15)14(10)12/h2,4,6,11H,3,5,7-9H2,1H3. The van der Waals surface area contributed by atoms with Crippen LogP contribution in [0.2, 0.25) is 0 Å². The molecule has 90 valence electrons. The van der Waals surface area contributed by atoms with Gasteiger partial charge in [0.1, 0.15) is 5.75 Å². The van der Waals surface area contributed by atoms with Gasteiger partial charge in [0, 0.05) is 18.5 Å². The smallest absolute Gasteiger partial charge is 0.223 e. The van der Waals surface area contributed by atoms with Gasteiger partial charge in [0.2, 0.25) is 5.91 Å². The van der Waals surface area contributed by atoms with Crippen molar-refractivity contribution in [3.8, 4) is 5.75 Å². The molecule has 2 aliphatic heterocycles. The van der Waals surface area contributed by atoms with E-state index < -0.39 is 0 Å². The second-order valence-electron chi connectivity index (χ2n) is 4.78. The Hall–Kier alpha value is -1.51. The molecule has 0 radical (unpaired) electrons. The summed E-state index contributed by atoms with van der Waals surface area (Å²) in [7, 11) is 1.71. The van der Waals surface area contributed by atoms with Crippen LogP contribution in [0.15, 0.2) is 18.2 Å². The van der Waals surface area contributed by atoms with Crippen molar-refractivity contribution in [1.29, 1.82) is 0 Å². The van der Waals surface area contributed by atoms with Gasteiger partial charge in [-0.15, -0.1) is 0 Å². The summed E-state index contributed by atoms with van der Waals surface area (Å²) in [5, 5.41) is 0. The van der Waals surface area contributed by atoms with Crippen molar-refractivity contribution in [3.63, 3.8) is 0 Å². The lowest BCUT2D eigenvalue weighted by atomic mass is 9.96. The summed E-state index contributed by atoms with van der Waals surface area (Å²) < 4.78 is 5.47. The summed E-state index contributed by atoms with van der Waals surface area (Å²) in [6, 6.07) is 6.40. The van der Waals surface area contributed by atoms with E-state index >= 15 is 0 Å². The number of amides is 1. The molecule has 3 nitrogen and oxygen atoms in total. The minimum absolute atomic E-state index is 0.246. The molecule has 1 unspecified atom stereocenters. The zero-order valence-electron chi connectivity index (χ0n) is 10.1. The lowest BCUT2D eigenvalue weighted by Crippen LogP contribution is -2.28. The van der Waals surface area contributed by atoms with Crippen LogP contribution in [0, 0.1) is 0 Å². The topological polar surface area (TPSA) is 29.5 Å². The van der Waals surface area contributed by atoms with Gasteiger partial charge in [0.15, 0.2) is 0 Å². The van der Waals surface area contributed by atoms with Gasteiger partial charge < -0.3 is 9.64 Å². The van der Waals surface area contributed by atoms with Crippen LogP contribution < -0.4 is 4.74 Å². The van der Waals surface area contributed by atoms with Crippen molar-refractivity contribution in [2.45, 2.75) is 31.7 Å². The third-order valence-corrected chi connectivity index (χ3v) is 3.89. The number of benzene rings is 1. The Balaban J connectivity index is 2.13. The molecule has 1 aromatic carbocycles. The monoisotopic (exact) mass is 231 g/mol. The van der Waals surface area contributed by atoms with Crippen LogP contribution >= 0.6 is 0 Å². The van der Waals surface area contributed by atoms with E-state index in [0.717, 1.165) is 31.6 Å². The Morgan fingerprint density at radius 2 is 2.24 bits per heavy atom. The van der Waals surface area contributed by atoms with Gasteiger partial charge in [0.25, 0.3) is 0 Å². The van der Waals surface area contributed by atoms with Crippen molar-refractivity contribution < 1.29 is 9.53 Å². The second kappa shape index (κ2) is 4.06. The molecule has 3 rings (SSSR count). The summed E-state index contributed by atoms with van der Waals surface area (Å²) in [4.78, 5) is 14.1. The van der Waals surface area contributed by atoms with E-state index in [1.807, 2.05) is 17.0 Å². The minimum atomic E-state index is 0.246. The van der Waals surface area contributed by atoms with Gasteiger partial charge >= 0.3 is 0 Å². The fourth-order valence-corrected chi connectivity index (χ4v) is 3.11. The molecule has 1 aromatic rings. The number of carbonyl (C=O) groups excluding carboxylic acids is 1. The lowest BCUT2D eigenvalue weighted by Gasteiger charge is -2.24. The lowest BCUT2D eigenvalue weighted by molar-refractivity contribution is -0.131. The molecule has 2 heterocycles. The molecule has 3 heteroatoms. The highest BCUT2D eigenvalue weighted by atomic mass is 16.5. The number of rotatable bonds is 1. The average molecular weight is 231 g/mol. The van der Waals surface area contributed by atoms with Gasteiger partial charge in [-0.1, -0.05) is 12.1 Å². The number of hydrogen-bond donors (Lipinski definition) is 0. The van der Waals surface area contributed by atoms with E-state index in [1.54, 1.807) is 7.11 Å². The molecule has 1 atom stereocenters. The van der Waals surface area contributed by atoms with E-state index in [9.17, 15) is 4.79 Å². The molecule has 0 aromatic heterocycles. The minimum Gasteiger partial charge on any atom is -0.496 e. The highest BCUT2D eigenvalue weighted by Crippen LogP contribution is 2.41. The van der Waals surface area contributed by atoms with Gasteiger partial charge in [-0.25, -0.2) is 0 Å². The molecule has 1 amide bonds. The average Bonchev–Trinajstić information content (AvgIpc) is 2.79. The highest BCUT2D eigenvalue weighted by Gasteiger charge is 2.35. The summed E-state index contributed by atoms with van der Waals surface area (Å²) in [6.07, 6.45) is 3.65. The molecule has 1 fully saturated rings.